The lowest BCUT2D eigenvalue weighted by atomic mass is 10.1. The minimum atomic E-state index is 0.0424. The van der Waals surface area contributed by atoms with E-state index in [-0.39, 0.29) is 5.91 Å². The first kappa shape index (κ1) is 13.1. The van der Waals surface area contributed by atoms with Crippen LogP contribution in [0.15, 0.2) is 24.3 Å². The van der Waals surface area contributed by atoms with E-state index < -0.39 is 0 Å². The molecule has 3 N–H and O–H groups in total. The number of benzene rings is 1. The molecule has 0 radical (unpaired) electrons. The maximum atomic E-state index is 12.0. The number of nitrogens with one attached hydrogen (secondary N) is 1. The predicted molar refractivity (Wildman–Crippen MR) is 73.5 cm³/mol. The third kappa shape index (κ3) is 3.57. The zero-order chi connectivity index (χ0) is 12.8. The number of nitrogens with two attached hydrogens (primary N) is 1. The molecule has 0 unspecified atom stereocenters. The molecule has 18 heavy (non-hydrogen) atoms. The lowest BCUT2D eigenvalue weighted by molar-refractivity contribution is 0.0947. The molecular weight excluding hydrogens is 224 g/mol. The van der Waals surface area contributed by atoms with Gasteiger partial charge in [0, 0.05) is 12.1 Å². The Labute approximate surface area is 109 Å². The second-order valence-corrected chi connectivity index (χ2v) is 5.10. The molecule has 0 heterocycles. The van der Waals surface area contributed by atoms with Gasteiger partial charge in [-0.3, -0.25) is 4.79 Å². The highest BCUT2D eigenvalue weighted by Gasteiger charge is 2.16. The van der Waals surface area contributed by atoms with E-state index >= 15 is 0 Å². The number of carbonyl (C=O) groups is 1. The van der Waals surface area contributed by atoms with Crippen molar-refractivity contribution in [3.05, 3.63) is 35.4 Å². The van der Waals surface area contributed by atoms with Crippen molar-refractivity contribution >= 4 is 5.91 Å². The van der Waals surface area contributed by atoms with Crippen molar-refractivity contribution < 1.29 is 4.79 Å². The fourth-order valence-corrected chi connectivity index (χ4v) is 2.59. The van der Waals surface area contributed by atoms with Crippen molar-refractivity contribution in [2.24, 2.45) is 11.7 Å². The lowest BCUT2D eigenvalue weighted by Gasteiger charge is -2.11. The minimum absolute atomic E-state index is 0.0424. The van der Waals surface area contributed by atoms with Gasteiger partial charge in [-0.2, -0.15) is 0 Å². The van der Waals surface area contributed by atoms with E-state index in [9.17, 15) is 4.79 Å². The molecule has 2 rings (SSSR count). The van der Waals surface area contributed by atoms with Crippen molar-refractivity contribution in [1.82, 2.24) is 5.32 Å². The molecule has 1 aromatic carbocycles. The van der Waals surface area contributed by atoms with Crippen LogP contribution in [0.3, 0.4) is 0 Å². The Morgan fingerprint density at radius 2 is 2.11 bits per heavy atom. The van der Waals surface area contributed by atoms with Crippen LogP contribution >= 0.6 is 0 Å². The summed E-state index contributed by atoms with van der Waals surface area (Å²) in [6.45, 7) is 1.44. The topological polar surface area (TPSA) is 55.1 Å². The van der Waals surface area contributed by atoms with E-state index in [2.05, 4.69) is 5.32 Å². The fourth-order valence-electron chi connectivity index (χ4n) is 2.59. The van der Waals surface area contributed by atoms with Crippen LogP contribution in [0, 0.1) is 5.92 Å². The minimum Gasteiger partial charge on any atom is -0.352 e. The van der Waals surface area contributed by atoms with Gasteiger partial charge in [-0.25, -0.2) is 0 Å². The van der Waals surface area contributed by atoms with Gasteiger partial charge in [0.05, 0.1) is 0 Å². The molecule has 1 saturated carbocycles. The van der Waals surface area contributed by atoms with E-state index in [0.717, 1.165) is 24.1 Å². The Morgan fingerprint density at radius 3 is 2.83 bits per heavy atom. The van der Waals surface area contributed by atoms with Crippen LogP contribution in [-0.4, -0.2) is 19.0 Å². The third-order valence-electron chi connectivity index (χ3n) is 3.65. The summed E-state index contributed by atoms with van der Waals surface area (Å²) in [7, 11) is 0. The summed E-state index contributed by atoms with van der Waals surface area (Å²) in [4.78, 5) is 12.0. The molecule has 0 spiro atoms. The Hall–Kier alpha value is -1.35. The van der Waals surface area contributed by atoms with Gasteiger partial charge in [0.1, 0.15) is 0 Å². The molecule has 3 heteroatoms. The molecule has 0 aliphatic heterocycles. The van der Waals surface area contributed by atoms with Crippen molar-refractivity contribution in [3.8, 4) is 0 Å². The van der Waals surface area contributed by atoms with Crippen molar-refractivity contribution in [3.63, 3.8) is 0 Å². The molecule has 1 amide bonds. The summed E-state index contributed by atoms with van der Waals surface area (Å²) in [5, 5.41) is 3.04. The van der Waals surface area contributed by atoms with E-state index in [0.29, 0.717) is 12.5 Å². The van der Waals surface area contributed by atoms with E-state index in [4.69, 9.17) is 5.73 Å². The van der Waals surface area contributed by atoms with Gasteiger partial charge < -0.3 is 11.1 Å². The molecule has 0 bridgehead atoms. The van der Waals surface area contributed by atoms with E-state index in [1.54, 1.807) is 0 Å². The number of hydrogen-bond donors (Lipinski definition) is 2. The highest BCUT2D eigenvalue weighted by Crippen LogP contribution is 2.23. The first-order valence-electron chi connectivity index (χ1n) is 6.87. The summed E-state index contributed by atoms with van der Waals surface area (Å²) in [6, 6.07) is 7.75. The molecule has 1 aromatic rings. The number of rotatable bonds is 5. The zero-order valence-electron chi connectivity index (χ0n) is 10.8. The number of hydrogen-bond acceptors (Lipinski definition) is 2. The first-order chi connectivity index (χ1) is 8.79. The Balaban J connectivity index is 1.89. The summed E-state index contributed by atoms with van der Waals surface area (Å²) >= 11 is 0. The molecule has 3 nitrogen and oxygen atoms in total. The average Bonchev–Trinajstić information content (AvgIpc) is 2.90. The summed E-state index contributed by atoms with van der Waals surface area (Å²) in [6.07, 6.45) is 5.96. The largest absolute Gasteiger partial charge is 0.352 e. The van der Waals surface area contributed by atoms with Crippen LogP contribution in [0.5, 0.6) is 0 Å². The van der Waals surface area contributed by atoms with Gasteiger partial charge in [0.2, 0.25) is 0 Å². The van der Waals surface area contributed by atoms with Gasteiger partial charge in [-0.15, -0.1) is 0 Å². The molecule has 1 aliphatic carbocycles. The first-order valence-corrected chi connectivity index (χ1v) is 6.87. The Kier molecular flexibility index (Phi) is 4.76. The standard InChI is InChI=1S/C15H22N2O/c16-9-8-12-6-3-7-14(10-12)15(18)17-11-13-4-1-2-5-13/h3,6-7,10,13H,1-2,4-5,8-9,11,16H2,(H,17,18). The summed E-state index contributed by atoms with van der Waals surface area (Å²) in [5.74, 6) is 0.724. The monoisotopic (exact) mass is 246 g/mol. The van der Waals surface area contributed by atoms with Crippen molar-refractivity contribution in [2.75, 3.05) is 13.1 Å². The summed E-state index contributed by atoms with van der Waals surface area (Å²) in [5.41, 5.74) is 7.41. The molecule has 0 saturated heterocycles. The van der Waals surface area contributed by atoms with Crippen LogP contribution in [0.2, 0.25) is 0 Å². The van der Waals surface area contributed by atoms with Gasteiger partial charge in [-0.1, -0.05) is 25.0 Å². The highest BCUT2D eigenvalue weighted by atomic mass is 16.1. The van der Waals surface area contributed by atoms with Crippen LogP contribution < -0.4 is 11.1 Å². The normalized spacial score (nSPS) is 15.8. The smallest absolute Gasteiger partial charge is 0.251 e. The van der Waals surface area contributed by atoms with Crippen LogP contribution in [0.4, 0.5) is 0 Å². The van der Waals surface area contributed by atoms with Gasteiger partial charge in [-0.05, 0) is 49.4 Å². The van der Waals surface area contributed by atoms with Crippen LogP contribution in [-0.2, 0) is 6.42 Å². The average molecular weight is 246 g/mol. The van der Waals surface area contributed by atoms with E-state index in [1.165, 1.54) is 25.7 Å². The highest BCUT2D eigenvalue weighted by molar-refractivity contribution is 5.94. The van der Waals surface area contributed by atoms with Crippen LogP contribution in [0.25, 0.3) is 0 Å². The fraction of sp³-hybridized carbons (Fsp3) is 0.533. The Morgan fingerprint density at radius 1 is 1.33 bits per heavy atom. The predicted octanol–water partition coefficient (Wildman–Crippen LogP) is 2.11. The van der Waals surface area contributed by atoms with E-state index in [1.807, 2.05) is 24.3 Å². The Bertz CT molecular complexity index is 397. The number of amides is 1. The number of carbonyl (C=O) groups excluding carboxylic acids is 1. The lowest BCUT2D eigenvalue weighted by Crippen LogP contribution is -2.28. The molecule has 1 fully saturated rings. The maximum absolute atomic E-state index is 12.0. The molecular formula is C15H22N2O. The third-order valence-corrected chi connectivity index (χ3v) is 3.65. The SMILES string of the molecule is NCCc1cccc(C(=O)NCC2CCCC2)c1. The van der Waals surface area contributed by atoms with Crippen LogP contribution in [0.1, 0.15) is 41.6 Å². The van der Waals surface area contributed by atoms with Crippen molar-refractivity contribution in [1.29, 1.82) is 0 Å². The molecule has 0 aromatic heterocycles. The van der Waals surface area contributed by atoms with Gasteiger partial charge in [0.25, 0.3) is 5.91 Å². The molecule has 98 valence electrons. The maximum Gasteiger partial charge on any atom is 0.251 e. The quantitative estimate of drug-likeness (QED) is 0.836. The summed E-state index contributed by atoms with van der Waals surface area (Å²) < 4.78 is 0. The second-order valence-electron chi connectivity index (χ2n) is 5.10. The molecule has 1 aliphatic rings. The van der Waals surface area contributed by atoms with Gasteiger partial charge >= 0.3 is 0 Å². The van der Waals surface area contributed by atoms with Gasteiger partial charge in [0.15, 0.2) is 0 Å². The second kappa shape index (κ2) is 6.55. The zero-order valence-corrected chi connectivity index (χ0v) is 10.8. The molecule has 0 atom stereocenters. The van der Waals surface area contributed by atoms with Crippen molar-refractivity contribution in [2.45, 2.75) is 32.1 Å².